The number of benzene rings is 2. The summed E-state index contributed by atoms with van der Waals surface area (Å²) in [6.07, 6.45) is 2.21. The van der Waals surface area contributed by atoms with E-state index < -0.39 is 10.0 Å². The molecule has 1 aliphatic heterocycles. The lowest BCUT2D eigenvalue weighted by atomic mass is 10.2. The molecule has 0 spiro atoms. The van der Waals surface area contributed by atoms with Gasteiger partial charge in [0.2, 0.25) is 15.9 Å². The molecule has 1 amide bonds. The van der Waals surface area contributed by atoms with Gasteiger partial charge in [-0.1, -0.05) is 29.8 Å². The van der Waals surface area contributed by atoms with Gasteiger partial charge in [-0.25, -0.2) is 12.8 Å². The van der Waals surface area contributed by atoms with Gasteiger partial charge in [-0.05, 0) is 81.7 Å². The van der Waals surface area contributed by atoms with Crippen molar-refractivity contribution >= 4 is 27.3 Å². The molecule has 1 fully saturated rings. The van der Waals surface area contributed by atoms with Gasteiger partial charge in [0.15, 0.2) is 0 Å². The highest BCUT2D eigenvalue weighted by atomic mass is 32.2. The van der Waals surface area contributed by atoms with Crippen LogP contribution in [0.4, 0.5) is 4.39 Å². The van der Waals surface area contributed by atoms with Crippen LogP contribution >= 0.6 is 11.3 Å². The largest absolute Gasteiger partial charge is 0.332 e. The van der Waals surface area contributed by atoms with E-state index in [1.165, 1.54) is 16.4 Å². The zero-order valence-electron chi connectivity index (χ0n) is 21.4. The average Bonchev–Trinajstić information content (AvgIpc) is 3.54. The Morgan fingerprint density at radius 3 is 2.24 bits per heavy atom. The molecule has 3 aromatic rings. The number of hydrogen-bond acceptors (Lipinski definition) is 5. The van der Waals surface area contributed by atoms with E-state index in [2.05, 4.69) is 4.90 Å². The predicted octanol–water partition coefficient (Wildman–Crippen LogP) is 4.82. The first-order valence-electron chi connectivity index (χ1n) is 12.6. The molecule has 0 atom stereocenters. The van der Waals surface area contributed by atoms with E-state index in [0.717, 1.165) is 46.8 Å². The topological polar surface area (TPSA) is 60.9 Å². The number of likely N-dealkylation sites (tertiary alicyclic amines) is 1. The maximum absolute atomic E-state index is 13.7. The van der Waals surface area contributed by atoms with Crippen molar-refractivity contribution in [2.45, 2.75) is 44.7 Å². The molecule has 9 heteroatoms. The highest BCUT2D eigenvalue weighted by Crippen LogP contribution is 2.21. The van der Waals surface area contributed by atoms with E-state index in [1.54, 1.807) is 52.6 Å². The SMILES string of the molecule is Cc1ccc(S(=O)(=O)N(CCN2CCCC2)CC(=O)N(Cc2ccc(F)cc2)Cc2ccc(C)s2)cc1. The fourth-order valence-electron chi connectivity index (χ4n) is 4.45. The lowest BCUT2D eigenvalue weighted by molar-refractivity contribution is -0.132. The summed E-state index contributed by atoms with van der Waals surface area (Å²) in [5, 5.41) is 0. The molecule has 0 N–H and O–H groups in total. The highest BCUT2D eigenvalue weighted by Gasteiger charge is 2.29. The summed E-state index contributed by atoms with van der Waals surface area (Å²) >= 11 is 1.60. The Kier molecular flexibility index (Phi) is 9.13. The molecule has 2 heterocycles. The van der Waals surface area contributed by atoms with Gasteiger partial charge in [0.1, 0.15) is 5.82 Å². The van der Waals surface area contributed by atoms with E-state index >= 15 is 0 Å². The number of carbonyl (C=O) groups is 1. The molecule has 1 aliphatic rings. The third-order valence-electron chi connectivity index (χ3n) is 6.62. The molecule has 2 aromatic carbocycles. The van der Waals surface area contributed by atoms with Crippen molar-refractivity contribution in [3.05, 3.63) is 87.4 Å². The minimum Gasteiger partial charge on any atom is -0.332 e. The molecule has 198 valence electrons. The number of sulfonamides is 1. The normalized spacial score (nSPS) is 14.4. The molecule has 0 saturated carbocycles. The van der Waals surface area contributed by atoms with Gasteiger partial charge in [-0.3, -0.25) is 4.79 Å². The third kappa shape index (κ3) is 7.47. The van der Waals surface area contributed by atoms with Crippen LogP contribution in [-0.2, 0) is 27.9 Å². The Balaban J connectivity index is 1.58. The number of carbonyl (C=O) groups excluding carboxylic acids is 1. The molecular weight excluding hydrogens is 509 g/mol. The Morgan fingerprint density at radius 1 is 0.946 bits per heavy atom. The van der Waals surface area contributed by atoms with E-state index in [4.69, 9.17) is 0 Å². The zero-order valence-corrected chi connectivity index (χ0v) is 23.0. The van der Waals surface area contributed by atoms with Crippen molar-refractivity contribution in [3.63, 3.8) is 0 Å². The highest BCUT2D eigenvalue weighted by molar-refractivity contribution is 7.89. The first-order valence-corrected chi connectivity index (χ1v) is 14.8. The molecule has 4 rings (SSSR count). The Morgan fingerprint density at radius 2 is 1.62 bits per heavy atom. The monoisotopic (exact) mass is 543 g/mol. The average molecular weight is 544 g/mol. The van der Waals surface area contributed by atoms with Gasteiger partial charge in [0.25, 0.3) is 0 Å². The van der Waals surface area contributed by atoms with Gasteiger partial charge < -0.3 is 9.80 Å². The van der Waals surface area contributed by atoms with Crippen LogP contribution in [0.25, 0.3) is 0 Å². The quantitative estimate of drug-likeness (QED) is 0.348. The van der Waals surface area contributed by atoms with Crippen LogP contribution in [0.1, 0.15) is 33.7 Å². The molecular formula is C28H34FN3O3S2. The standard InChI is InChI=1S/C28H34FN3O3S2/c1-22-5-13-27(14-6-22)37(34,35)32(18-17-30-15-3-4-16-30)21-28(33)31(20-26-12-7-23(2)36-26)19-24-8-10-25(29)11-9-24/h5-14H,3-4,15-21H2,1-2H3. The van der Waals surface area contributed by atoms with Crippen molar-refractivity contribution < 1.29 is 17.6 Å². The molecule has 1 saturated heterocycles. The van der Waals surface area contributed by atoms with Gasteiger partial charge in [-0.15, -0.1) is 11.3 Å². The van der Waals surface area contributed by atoms with Crippen molar-refractivity contribution in [3.8, 4) is 0 Å². The predicted molar refractivity (Wildman–Crippen MR) is 145 cm³/mol. The maximum atomic E-state index is 13.7. The third-order valence-corrected chi connectivity index (χ3v) is 9.46. The maximum Gasteiger partial charge on any atom is 0.243 e. The Hall–Kier alpha value is -2.59. The Bertz CT molecular complexity index is 1280. The molecule has 0 bridgehead atoms. The Labute approximate surface area is 223 Å². The summed E-state index contributed by atoms with van der Waals surface area (Å²) < 4.78 is 42.1. The molecule has 1 aromatic heterocycles. The fourth-order valence-corrected chi connectivity index (χ4v) is 6.74. The molecule has 6 nitrogen and oxygen atoms in total. The second-order valence-electron chi connectivity index (χ2n) is 9.59. The second kappa shape index (κ2) is 12.3. The van der Waals surface area contributed by atoms with Crippen LogP contribution in [0.15, 0.2) is 65.6 Å². The van der Waals surface area contributed by atoms with E-state index in [-0.39, 0.29) is 36.3 Å². The van der Waals surface area contributed by atoms with E-state index in [0.29, 0.717) is 13.1 Å². The fraction of sp³-hybridized carbons (Fsp3) is 0.393. The molecule has 0 radical (unpaired) electrons. The van der Waals surface area contributed by atoms with Crippen LogP contribution in [0.3, 0.4) is 0 Å². The minimum absolute atomic E-state index is 0.186. The number of rotatable bonds is 11. The second-order valence-corrected chi connectivity index (χ2v) is 12.9. The first kappa shape index (κ1) is 27.4. The van der Waals surface area contributed by atoms with Crippen LogP contribution in [0.2, 0.25) is 0 Å². The number of amides is 1. The zero-order chi connectivity index (χ0) is 26.4. The lowest BCUT2D eigenvalue weighted by Crippen LogP contribution is -2.45. The number of thiophene rings is 1. The van der Waals surface area contributed by atoms with Gasteiger partial charge >= 0.3 is 0 Å². The summed E-state index contributed by atoms with van der Waals surface area (Å²) in [4.78, 5) is 19.9. The molecule has 37 heavy (non-hydrogen) atoms. The summed E-state index contributed by atoms with van der Waals surface area (Å²) in [7, 11) is -3.87. The van der Waals surface area contributed by atoms with Crippen LogP contribution < -0.4 is 0 Å². The lowest BCUT2D eigenvalue weighted by Gasteiger charge is -2.28. The number of aryl methyl sites for hydroxylation is 2. The number of hydrogen-bond donors (Lipinski definition) is 0. The number of halogens is 1. The molecule has 0 aliphatic carbocycles. The van der Waals surface area contributed by atoms with Gasteiger partial charge in [0, 0.05) is 29.4 Å². The van der Waals surface area contributed by atoms with Crippen LogP contribution in [-0.4, -0.2) is 61.2 Å². The summed E-state index contributed by atoms with van der Waals surface area (Å²) in [6.45, 7) is 7.00. The minimum atomic E-state index is -3.87. The summed E-state index contributed by atoms with van der Waals surface area (Å²) in [5.74, 6) is -0.625. The van der Waals surface area contributed by atoms with Crippen molar-refractivity contribution in [2.24, 2.45) is 0 Å². The van der Waals surface area contributed by atoms with E-state index in [1.807, 2.05) is 26.0 Å². The number of nitrogens with zero attached hydrogens (tertiary/aromatic N) is 3. The first-order chi connectivity index (χ1) is 17.7. The van der Waals surface area contributed by atoms with Gasteiger partial charge in [-0.2, -0.15) is 4.31 Å². The van der Waals surface area contributed by atoms with E-state index in [9.17, 15) is 17.6 Å². The van der Waals surface area contributed by atoms with Crippen molar-refractivity contribution in [2.75, 3.05) is 32.7 Å². The van der Waals surface area contributed by atoms with Gasteiger partial charge in [0.05, 0.1) is 18.0 Å². The molecule has 0 unspecified atom stereocenters. The summed E-state index contributed by atoms with van der Waals surface area (Å²) in [6, 6.07) is 16.8. The smallest absolute Gasteiger partial charge is 0.243 e. The van der Waals surface area contributed by atoms with Crippen LogP contribution in [0, 0.1) is 19.7 Å². The summed E-state index contributed by atoms with van der Waals surface area (Å²) in [5.41, 5.74) is 1.75. The van der Waals surface area contributed by atoms with Crippen LogP contribution in [0.5, 0.6) is 0 Å². The van der Waals surface area contributed by atoms with Crippen molar-refractivity contribution in [1.82, 2.24) is 14.1 Å². The van der Waals surface area contributed by atoms with Crippen molar-refractivity contribution in [1.29, 1.82) is 0 Å².